The van der Waals surface area contributed by atoms with Gasteiger partial charge in [0.2, 0.25) is 5.91 Å². The van der Waals surface area contributed by atoms with Crippen molar-refractivity contribution < 1.29 is 9.18 Å². The lowest BCUT2D eigenvalue weighted by atomic mass is 10.2. The highest BCUT2D eigenvalue weighted by Gasteiger charge is 2.08. The lowest BCUT2D eigenvalue weighted by Crippen LogP contribution is -2.19. The average molecular weight is 248 g/mol. The summed E-state index contributed by atoms with van der Waals surface area (Å²) in [5, 5.41) is 2.62. The smallest absolute Gasteiger partial charge is 0.244 e. The highest BCUT2D eigenvalue weighted by Crippen LogP contribution is 2.18. The van der Waals surface area contributed by atoms with Gasteiger partial charge in [-0.3, -0.25) is 4.79 Å². The van der Waals surface area contributed by atoms with Crippen molar-refractivity contribution in [2.75, 3.05) is 11.1 Å². The number of aromatic nitrogens is 2. The normalized spacial score (nSPS) is 10.3. The van der Waals surface area contributed by atoms with Crippen LogP contribution in [0.3, 0.4) is 0 Å². The Labute approximate surface area is 103 Å². The van der Waals surface area contributed by atoms with E-state index in [0.717, 1.165) is 11.9 Å². The van der Waals surface area contributed by atoms with Gasteiger partial charge >= 0.3 is 0 Å². The second kappa shape index (κ2) is 4.87. The van der Waals surface area contributed by atoms with Gasteiger partial charge in [-0.25, -0.2) is 9.37 Å². The third-order valence-electron chi connectivity index (χ3n) is 2.53. The Morgan fingerprint density at radius 2 is 2.33 bits per heavy atom. The molecule has 0 atom stereocenters. The number of carbonyl (C=O) groups is 1. The van der Waals surface area contributed by atoms with E-state index >= 15 is 0 Å². The van der Waals surface area contributed by atoms with Gasteiger partial charge in [-0.15, -0.1) is 0 Å². The van der Waals surface area contributed by atoms with Crippen molar-refractivity contribution in [2.24, 2.45) is 0 Å². The first-order valence-corrected chi connectivity index (χ1v) is 5.39. The maximum absolute atomic E-state index is 12.8. The van der Waals surface area contributed by atoms with Crippen molar-refractivity contribution in [3.8, 4) is 0 Å². The quantitative estimate of drug-likeness (QED) is 0.809. The van der Waals surface area contributed by atoms with Crippen LogP contribution < -0.4 is 11.1 Å². The highest BCUT2D eigenvalue weighted by molar-refractivity contribution is 5.93. The number of anilines is 2. The molecule has 18 heavy (non-hydrogen) atoms. The van der Waals surface area contributed by atoms with Gasteiger partial charge in [0.15, 0.2) is 0 Å². The largest absolute Gasteiger partial charge is 0.397 e. The minimum absolute atomic E-state index is 0.142. The number of nitrogens with one attached hydrogen (secondary N) is 1. The van der Waals surface area contributed by atoms with E-state index in [0.29, 0.717) is 5.69 Å². The summed E-state index contributed by atoms with van der Waals surface area (Å²) in [6.07, 6.45) is 3.33. The van der Waals surface area contributed by atoms with Crippen molar-refractivity contribution in [1.82, 2.24) is 9.55 Å². The molecule has 1 amide bonds. The van der Waals surface area contributed by atoms with Crippen LogP contribution in [0.4, 0.5) is 15.8 Å². The van der Waals surface area contributed by atoms with Crippen LogP contribution in [0, 0.1) is 12.7 Å². The first-order valence-electron chi connectivity index (χ1n) is 5.39. The molecule has 0 aliphatic carbocycles. The molecule has 94 valence electrons. The van der Waals surface area contributed by atoms with Crippen LogP contribution in [-0.2, 0) is 11.3 Å². The molecular weight excluding hydrogens is 235 g/mol. The third-order valence-corrected chi connectivity index (χ3v) is 2.53. The predicted octanol–water partition coefficient (Wildman–Crippen LogP) is 1.55. The Kier molecular flexibility index (Phi) is 3.27. The second-order valence-electron chi connectivity index (χ2n) is 3.88. The average Bonchev–Trinajstić information content (AvgIpc) is 2.69. The lowest BCUT2D eigenvalue weighted by molar-refractivity contribution is -0.116. The minimum Gasteiger partial charge on any atom is -0.397 e. The van der Waals surface area contributed by atoms with Gasteiger partial charge in [0.25, 0.3) is 0 Å². The van der Waals surface area contributed by atoms with Crippen LogP contribution in [0.5, 0.6) is 0 Å². The van der Waals surface area contributed by atoms with Gasteiger partial charge in [0.1, 0.15) is 18.2 Å². The van der Waals surface area contributed by atoms with Gasteiger partial charge in [-0.1, -0.05) is 0 Å². The summed E-state index contributed by atoms with van der Waals surface area (Å²) < 4.78 is 14.5. The van der Waals surface area contributed by atoms with E-state index in [1.807, 2.05) is 0 Å². The summed E-state index contributed by atoms with van der Waals surface area (Å²) in [5.41, 5.74) is 6.20. The van der Waals surface area contributed by atoms with Crippen LogP contribution in [0.2, 0.25) is 0 Å². The van der Waals surface area contributed by atoms with E-state index in [-0.39, 0.29) is 18.1 Å². The first-order chi connectivity index (χ1) is 8.56. The zero-order valence-electron chi connectivity index (χ0n) is 9.85. The van der Waals surface area contributed by atoms with Gasteiger partial charge < -0.3 is 15.6 Å². The zero-order chi connectivity index (χ0) is 13.1. The molecule has 1 aromatic carbocycles. The Bertz CT molecular complexity index is 579. The highest BCUT2D eigenvalue weighted by atomic mass is 19.1. The number of nitrogens with two attached hydrogens (primary N) is 1. The van der Waals surface area contributed by atoms with Crippen LogP contribution in [0.15, 0.2) is 30.6 Å². The van der Waals surface area contributed by atoms with Crippen LogP contribution >= 0.6 is 0 Å². The van der Waals surface area contributed by atoms with Crippen molar-refractivity contribution in [3.05, 3.63) is 42.2 Å². The summed E-state index contributed by atoms with van der Waals surface area (Å²) in [6, 6.07) is 3.84. The maximum atomic E-state index is 12.8. The third kappa shape index (κ3) is 2.65. The molecule has 5 nitrogen and oxygen atoms in total. The summed E-state index contributed by atoms with van der Waals surface area (Å²) in [4.78, 5) is 15.8. The van der Waals surface area contributed by atoms with Gasteiger partial charge in [0.05, 0.1) is 11.4 Å². The number of hydrogen-bond acceptors (Lipinski definition) is 3. The monoisotopic (exact) mass is 248 g/mol. The summed E-state index contributed by atoms with van der Waals surface area (Å²) in [7, 11) is 0. The molecule has 0 radical (unpaired) electrons. The number of rotatable bonds is 3. The first kappa shape index (κ1) is 12.1. The fourth-order valence-electron chi connectivity index (χ4n) is 1.56. The number of benzene rings is 1. The summed E-state index contributed by atoms with van der Waals surface area (Å²) in [5.74, 6) is 0.0718. The number of nitrogen functional groups attached to an aromatic ring is 1. The Hall–Kier alpha value is -2.37. The molecule has 1 aromatic heterocycles. The number of halogens is 1. The van der Waals surface area contributed by atoms with E-state index in [1.165, 1.54) is 12.1 Å². The number of hydrogen-bond donors (Lipinski definition) is 2. The molecule has 0 fully saturated rings. The van der Waals surface area contributed by atoms with Crippen LogP contribution in [-0.4, -0.2) is 15.5 Å². The fraction of sp³-hybridized carbons (Fsp3) is 0.167. The molecule has 0 spiro atoms. The standard InChI is InChI=1S/C12H13FN4O/c1-8-15-4-5-17(8)7-12(18)16-11-3-2-9(13)6-10(11)14/h2-6H,7,14H2,1H3,(H,16,18). The van der Waals surface area contributed by atoms with Gasteiger partial charge in [-0.05, 0) is 25.1 Å². The number of amides is 1. The van der Waals surface area contributed by atoms with Gasteiger partial charge in [-0.2, -0.15) is 0 Å². The van der Waals surface area contributed by atoms with E-state index < -0.39 is 5.82 Å². The SMILES string of the molecule is Cc1nccn1CC(=O)Nc1ccc(F)cc1N. The second-order valence-corrected chi connectivity index (χ2v) is 3.88. The molecule has 6 heteroatoms. The molecule has 2 rings (SSSR count). The van der Waals surface area contributed by atoms with Crippen molar-refractivity contribution in [1.29, 1.82) is 0 Å². The number of imidazole rings is 1. The Morgan fingerprint density at radius 1 is 1.56 bits per heavy atom. The number of carbonyl (C=O) groups excluding carboxylic acids is 1. The molecule has 0 aliphatic heterocycles. The number of nitrogens with zero attached hydrogens (tertiary/aromatic N) is 2. The molecule has 0 aliphatic rings. The molecule has 0 saturated carbocycles. The summed E-state index contributed by atoms with van der Waals surface area (Å²) in [6.45, 7) is 1.95. The molecule has 1 heterocycles. The van der Waals surface area contributed by atoms with Crippen molar-refractivity contribution >= 4 is 17.3 Å². The Balaban J connectivity index is 2.05. The van der Waals surface area contributed by atoms with Crippen LogP contribution in [0.1, 0.15) is 5.82 Å². The molecule has 0 bridgehead atoms. The topological polar surface area (TPSA) is 72.9 Å². The summed E-state index contributed by atoms with van der Waals surface area (Å²) >= 11 is 0. The molecule has 2 aromatic rings. The van der Waals surface area contributed by atoms with E-state index in [4.69, 9.17) is 5.73 Å². The molecule has 0 saturated heterocycles. The fourth-order valence-corrected chi connectivity index (χ4v) is 1.56. The van der Waals surface area contributed by atoms with E-state index in [9.17, 15) is 9.18 Å². The van der Waals surface area contributed by atoms with Crippen molar-refractivity contribution in [2.45, 2.75) is 13.5 Å². The predicted molar refractivity (Wildman–Crippen MR) is 66.4 cm³/mol. The molecule has 0 unspecified atom stereocenters. The van der Waals surface area contributed by atoms with E-state index in [2.05, 4.69) is 10.3 Å². The Morgan fingerprint density at radius 3 is 2.94 bits per heavy atom. The molecule has 3 N–H and O–H groups in total. The molecular formula is C12H13FN4O. The lowest BCUT2D eigenvalue weighted by Gasteiger charge is -2.09. The number of aryl methyl sites for hydroxylation is 1. The van der Waals surface area contributed by atoms with Crippen LogP contribution in [0.25, 0.3) is 0 Å². The van der Waals surface area contributed by atoms with Crippen molar-refractivity contribution in [3.63, 3.8) is 0 Å². The van der Waals surface area contributed by atoms with Gasteiger partial charge in [0, 0.05) is 12.4 Å². The maximum Gasteiger partial charge on any atom is 0.244 e. The van der Waals surface area contributed by atoms with E-state index in [1.54, 1.807) is 23.9 Å². The minimum atomic E-state index is -0.434. The zero-order valence-corrected chi connectivity index (χ0v) is 9.85.